The van der Waals surface area contributed by atoms with Crippen LogP contribution in [-0.4, -0.2) is 17.3 Å². The molecule has 0 aliphatic heterocycles. The van der Waals surface area contributed by atoms with Crippen LogP contribution in [0, 0.1) is 5.82 Å². The molecule has 0 saturated heterocycles. The van der Waals surface area contributed by atoms with E-state index in [1.54, 1.807) is 20.8 Å². The van der Waals surface area contributed by atoms with Crippen LogP contribution in [0.25, 0.3) is 0 Å². The van der Waals surface area contributed by atoms with Gasteiger partial charge in [-0.1, -0.05) is 6.07 Å². The van der Waals surface area contributed by atoms with E-state index in [0.717, 1.165) is 6.07 Å². The lowest BCUT2D eigenvalue weighted by atomic mass is 10.1. The number of rotatable bonds is 3. The van der Waals surface area contributed by atoms with Gasteiger partial charge < -0.3 is 9.84 Å². The molecule has 0 aromatic heterocycles. The average Bonchev–Trinajstić information content (AvgIpc) is 2.24. The highest BCUT2D eigenvalue weighted by Gasteiger charge is 2.34. The fourth-order valence-electron chi connectivity index (χ4n) is 1.39. The van der Waals surface area contributed by atoms with Crippen molar-refractivity contribution in [2.45, 2.75) is 38.7 Å². The highest BCUT2D eigenvalue weighted by molar-refractivity contribution is 5.28. The minimum atomic E-state index is -4.79. The second-order valence-electron chi connectivity index (χ2n) is 5.18. The summed E-state index contributed by atoms with van der Waals surface area (Å²) < 4.78 is 55.9. The van der Waals surface area contributed by atoms with Gasteiger partial charge >= 0.3 is 6.18 Å². The summed E-state index contributed by atoms with van der Waals surface area (Å²) in [6, 6.07) is 2.41. The highest BCUT2D eigenvalue weighted by atomic mass is 19.4. The highest BCUT2D eigenvalue weighted by Crippen LogP contribution is 2.33. The molecule has 1 aromatic rings. The third-order valence-electron chi connectivity index (χ3n) is 2.35. The molecule has 1 N–H and O–H groups in total. The first-order valence-electron chi connectivity index (χ1n) is 5.69. The normalized spacial score (nSPS) is 14.5. The van der Waals surface area contributed by atoms with Crippen LogP contribution >= 0.6 is 0 Å². The standard InChI is InChI=1S/C13H16F4O2/c1-12(2,3)19-7-11(18)8-4-5-10(14)9(6-8)13(15,16)17/h4-6,11,18H,7H2,1-3H3. The first kappa shape index (κ1) is 15.9. The summed E-state index contributed by atoms with van der Waals surface area (Å²) in [6.45, 7) is 5.11. The maximum Gasteiger partial charge on any atom is 0.419 e. The van der Waals surface area contributed by atoms with Crippen LogP contribution < -0.4 is 0 Å². The van der Waals surface area contributed by atoms with E-state index in [-0.39, 0.29) is 12.2 Å². The minimum Gasteiger partial charge on any atom is -0.386 e. The molecule has 0 bridgehead atoms. The number of halogens is 4. The smallest absolute Gasteiger partial charge is 0.386 e. The number of hydrogen-bond acceptors (Lipinski definition) is 2. The first-order valence-corrected chi connectivity index (χ1v) is 5.69. The fraction of sp³-hybridized carbons (Fsp3) is 0.538. The molecule has 6 heteroatoms. The minimum absolute atomic E-state index is 0.0297. The molecule has 19 heavy (non-hydrogen) atoms. The zero-order chi connectivity index (χ0) is 14.8. The molecule has 0 radical (unpaired) electrons. The van der Waals surface area contributed by atoms with Gasteiger partial charge in [-0.05, 0) is 38.5 Å². The van der Waals surface area contributed by atoms with E-state index < -0.39 is 29.3 Å². The molecule has 0 amide bonds. The van der Waals surface area contributed by atoms with Gasteiger partial charge in [0.25, 0.3) is 0 Å². The Hall–Kier alpha value is -1.14. The Morgan fingerprint density at radius 3 is 2.26 bits per heavy atom. The fourth-order valence-corrected chi connectivity index (χ4v) is 1.39. The molecule has 0 spiro atoms. The van der Waals surface area contributed by atoms with Gasteiger partial charge in [0, 0.05) is 0 Å². The van der Waals surface area contributed by atoms with Crippen molar-refractivity contribution in [3.63, 3.8) is 0 Å². The average molecular weight is 280 g/mol. The zero-order valence-corrected chi connectivity index (χ0v) is 10.9. The second kappa shape index (κ2) is 5.46. The molecule has 1 aromatic carbocycles. The van der Waals surface area contributed by atoms with Crippen LogP contribution in [-0.2, 0) is 10.9 Å². The van der Waals surface area contributed by atoms with Gasteiger partial charge in [0.05, 0.1) is 17.8 Å². The number of hydrogen-bond donors (Lipinski definition) is 1. The quantitative estimate of drug-likeness (QED) is 0.856. The Bertz CT molecular complexity index is 435. The first-order chi connectivity index (χ1) is 8.50. The predicted molar refractivity (Wildman–Crippen MR) is 62.1 cm³/mol. The van der Waals surface area contributed by atoms with Crippen molar-refractivity contribution < 1.29 is 27.4 Å². The van der Waals surface area contributed by atoms with Crippen molar-refractivity contribution in [1.29, 1.82) is 0 Å². The van der Waals surface area contributed by atoms with E-state index in [1.165, 1.54) is 0 Å². The second-order valence-corrected chi connectivity index (χ2v) is 5.18. The molecular formula is C13H16F4O2. The molecule has 0 heterocycles. The summed E-state index contributed by atoms with van der Waals surface area (Å²) in [5.41, 5.74) is -1.94. The Morgan fingerprint density at radius 1 is 1.21 bits per heavy atom. The van der Waals surface area contributed by atoms with Crippen molar-refractivity contribution in [1.82, 2.24) is 0 Å². The molecule has 0 aliphatic rings. The lowest BCUT2D eigenvalue weighted by Gasteiger charge is -2.22. The number of aliphatic hydroxyl groups is 1. The van der Waals surface area contributed by atoms with Crippen LogP contribution in [0.3, 0.4) is 0 Å². The Kier molecular flexibility index (Phi) is 4.58. The molecule has 0 saturated carbocycles. The van der Waals surface area contributed by atoms with Crippen LogP contribution in [0.4, 0.5) is 17.6 Å². The van der Waals surface area contributed by atoms with Crippen LogP contribution in [0.2, 0.25) is 0 Å². The third-order valence-corrected chi connectivity index (χ3v) is 2.35. The monoisotopic (exact) mass is 280 g/mol. The van der Waals surface area contributed by atoms with E-state index in [0.29, 0.717) is 12.1 Å². The van der Waals surface area contributed by atoms with Crippen molar-refractivity contribution in [2.24, 2.45) is 0 Å². The molecular weight excluding hydrogens is 264 g/mol. The number of benzene rings is 1. The Labute approximate surface area is 109 Å². The summed E-state index contributed by atoms with van der Waals surface area (Å²) in [5.74, 6) is -1.36. The summed E-state index contributed by atoms with van der Waals surface area (Å²) in [5, 5.41) is 9.75. The molecule has 2 nitrogen and oxygen atoms in total. The van der Waals surface area contributed by atoms with Crippen molar-refractivity contribution in [3.05, 3.63) is 35.1 Å². The van der Waals surface area contributed by atoms with E-state index in [2.05, 4.69) is 0 Å². The Balaban J connectivity index is 2.90. The van der Waals surface area contributed by atoms with Gasteiger partial charge in [0.2, 0.25) is 0 Å². The molecule has 108 valence electrons. The topological polar surface area (TPSA) is 29.5 Å². The van der Waals surface area contributed by atoms with Gasteiger partial charge in [0.15, 0.2) is 0 Å². The summed E-state index contributed by atoms with van der Waals surface area (Å²) in [6.07, 6.45) is -6.02. The van der Waals surface area contributed by atoms with Gasteiger partial charge in [-0.3, -0.25) is 0 Å². The van der Waals surface area contributed by atoms with Crippen LogP contribution in [0.15, 0.2) is 18.2 Å². The molecule has 1 atom stereocenters. The predicted octanol–water partition coefficient (Wildman–Crippen LogP) is 3.69. The van der Waals surface area contributed by atoms with Gasteiger partial charge in [-0.25, -0.2) is 4.39 Å². The van der Waals surface area contributed by atoms with E-state index in [1.807, 2.05) is 0 Å². The molecule has 1 rings (SSSR count). The van der Waals surface area contributed by atoms with Gasteiger partial charge in [0.1, 0.15) is 11.9 Å². The van der Waals surface area contributed by atoms with Crippen molar-refractivity contribution in [3.8, 4) is 0 Å². The molecule has 0 fully saturated rings. The SMILES string of the molecule is CC(C)(C)OCC(O)c1ccc(F)c(C(F)(F)F)c1. The van der Waals surface area contributed by atoms with E-state index >= 15 is 0 Å². The van der Waals surface area contributed by atoms with Crippen molar-refractivity contribution >= 4 is 0 Å². The zero-order valence-electron chi connectivity index (χ0n) is 10.9. The third kappa shape index (κ3) is 4.80. The van der Waals surface area contributed by atoms with Crippen molar-refractivity contribution in [2.75, 3.05) is 6.61 Å². The van der Waals surface area contributed by atoms with Gasteiger partial charge in [-0.15, -0.1) is 0 Å². The maximum absolute atomic E-state index is 13.1. The lowest BCUT2D eigenvalue weighted by molar-refractivity contribution is -0.140. The summed E-state index contributed by atoms with van der Waals surface area (Å²) in [7, 11) is 0. The lowest BCUT2D eigenvalue weighted by Crippen LogP contribution is -2.23. The van der Waals surface area contributed by atoms with E-state index in [9.17, 15) is 22.7 Å². The maximum atomic E-state index is 13.1. The molecule has 1 unspecified atom stereocenters. The van der Waals surface area contributed by atoms with Gasteiger partial charge in [-0.2, -0.15) is 13.2 Å². The Morgan fingerprint density at radius 2 is 1.79 bits per heavy atom. The molecule has 0 aliphatic carbocycles. The number of ether oxygens (including phenoxy) is 1. The van der Waals surface area contributed by atoms with E-state index in [4.69, 9.17) is 4.74 Å². The number of aliphatic hydroxyl groups excluding tert-OH is 1. The number of alkyl halides is 3. The largest absolute Gasteiger partial charge is 0.419 e. The summed E-state index contributed by atoms with van der Waals surface area (Å²) >= 11 is 0. The van der Waals surface area contributed by atoms with Crippen LogP contribution in [0.5, 0.6) is 0 Å². The van der Waals surface area contributed by atoms with Crippen LogP contribution in [0.1, 0.15) is 38.0 Å². The summed E-state index contributed by atoms with van der Waals surface area (Å²) in [4.78, 5) is 0.